The van der Waals surface area contributed by atoms with Gasteiger partial charge in [-0.25, -0.2) is 17.9 Å². The number of carbonyl (C=O) groups is 1. The van der Waals surface area contributed by atoms with Crippen LogP contribution in [0.5, 0.6) is 0 Å². The maximum absolute atomic E-state index is 13.2. The van der Waals surface area contributed by atoms with E-state index < -0.39 is 15.8 Å². The van der Waals surface area contributed by atoms with Crippen LogP contribution in [-0.2, 0) is 14.8 Å². The Kier molecular flexibility index (Phi) is 3.68. The molecule has 1 amide bonds. The molecule has 0 heterocycles. The van der Waals surface area contributed by atoms with Crippen LogP contribution in [0.25, 0.3) is 0 Å². The Morgan fingerprint density at radius 2 is 1.95 bits per heavy atom. The molecular weight excluding hydrogens is 271 g/mol. The van der Waals surface area contributed by atoms with Gasteiger partial charge in [-0.1, -0.05) is 12.2 Å². The highest BCUT2D eigenvalue weighted by molar-refractivity contribution is 7.89. The topological polar surface area (TPSA) is 89.3 Å². The zero-order valence-corrected chi connectivity index (χ0v) is 10.8. The number of benzene rings is 1. The molecule has 0 aromatic heterocycles. The number of primary sulfonamides is 1. The number of rotatable bonds is 3. The first kappa shape index (κ1) is 13.7. The SMILES string of the molecule is NS(=O)(=O)c1ccc(F)cc1NC(=O)C1CC=CC1. The van der Waals surface area contributed by atoms with Crippen LogP contribution in [0.4, 0.5) is 10.1 Å². The molecule has 0 atom stereocenters. The number of allylic oxidation sites excluding steroid dienone is 2. The van der Waals surface area contributed by atoms with Crippen LogP contribution < -0.4 is 10.5 Å². The summed E-state index contributed by atoms with van der Waals surface area (Å²) in [5.74, 6) is -1.25. The highest BCUT2D eigenvalue weighted by Gasteiger charge is 2.22. The molecule has 1 aromatic rings. The summed E-state index contributed by atoms with van der Waals surface area (Å²) in [6, 6.07) is 2.96. The van der Waals surface area contributed by atoms with Crippen molar-refractivity contribution < 1.29 is 17.6 Å². The van der Waals surface area contributed by atoms with Gasteiger partial charge in [-0.3, -0.25) is 4.79 Å². The van der Waals surface area contributed by atoms with Crippen LogP contribution in [-0.4, -0.2) is 14.3 Å². The lowest BCUT2D eigenvalue weighted by Crippen LogP contribution is -2.23. The monoisotopic (exact) mass is 284 g/mol. The third-order valence-corrected chi connectivity index (χ3v) is 3.85. The minimum atomic E-state index is -4.02. The lowest BCUT2D eigenvalue weighted by molar-refractivity contribution is -0.119. The molecule has 0 aliphatic heterocycles. The van der Waals surface area contributed by atoms with E-state index in [0.29, 0.717) is 12.8 Å². The largest absolute Gasteiger partial charge is 0.325 e. The Labute approximate surface area is 110 Å². The molecule has 0 saturated heterocycles. The first-order valence-electron chi connectivity index (χ1n) is 5.66. The molecule has 2 rings (SSSR count). The summed E-state index contributed by atoms with van der Waals surface area (Å²) in [5.41, 5.74) is -0.126. The Balaban J connectivity index is 2.28. The molecule has 5 nitrogen and oxygen atoms in total. The lowest BCUT2D eigenvalue weighted by atomic mass is 10.1. The molecular formula is C12H13FN2O3S. The molecule has 19 heavy (non-hydrogen) atoms. The van der Waals surface area contributed by atoms with Gasteiger partial charge in [-0.15, -0.1) is 0 Å². The lowest BCUT2D eigenvalue weighted by Gasteiger charge is -2.13. The van der Waals surface area contributed by atoms with Gasteiger partial charge in [0.05, 0.1) is 5.69 Å². The fourth-order valence-electron chi connectivity index (χ4n) is 1.91. The average Bonchev–Trinajstić information content (AvgIpc) is 2.80. The van der Waals surface area contributed by atoms with Crippen molar-refractivity contribution in [3.05, 3.63) is 36.2 Å². The van der Waals surface area contributed by atoms with E-state index in [1.54, 1.807) is 0 Å². The van der Waals surface area contributed by atoms with Crippen LogP contribution in [0.2, 0.25) is 0 Å². The molecule has 1 aliphatic carbocycles. The van der Waals surface area contributed by atoms with Crippen LogP contribution in [0.3, 0.4) is 0 Å². The van der Waals surface area contributed by atoms with E-state index in [0.717, 1.165) is 18.2 Å². The molecule has 0 fully saturated rings. The van der Waals surface area contributed by atoms with Gasteiger partial charge >= 0.3 is 0 Å². The van der Waals surface area contributed by atoms with Crippen molar-refractivity contribution in [2.45, 2.75) is 17.7 Å². The van der Waals surface area contributed by atoms with E-state index in [2.05, 4.69) is 5.32 Å². The van der Waals surface area contributed by atoms with Crippen molar-refractivity contribution in [1.82, 2.24) is 0 Å². The smallest absolute Gasteiger partial charge is 0.240 e. The maximum Gasteiger partial charge on any atom is 0.240 e. The summed E-state index contributed by atoms with van der Waals surface area (Å²) in [7, 11) is -4.02. The standard InChI is InChI=1S/C12H13FN2O3S/c13-9-5-6-11(19(14,17)18)10(7-9)15-12(16)8-3-1-2-4-8/h1-2,5-8H,3-4H2,(H,15,16)(H2,14,17,18). The van der Waals surface area contributed by atoms with E-state index in [4.69, 9.17) is 5.14 Å². The van der Waals surface area contributed by atoms with Crippen LogP contribution >= 0.6 is 0 Å². The quantitative estimate of drug-likeness (QED) is 0.822. The summed E-state index contributed by atoms with van der Waals surface area (Å²) in [4.78, 5) is 11.6. The third kappa shape index (κ3) is 3.18. The van der Waals surface area contributed by atoms with Gasteiger partial charge in [0.25, 0.3) is 0 Å². The third-order valence-electron chi connectivity index (χ3n) is 2.88. The van der Waals surface area contributed by atoms with Crippen molar-refractivity contribution in [2.24, 2.45) is 11.1 Å². The van der Waals surface area contributed by atoms with E-state index >= 15 is 0 Å². The number of carbonyl (C=O) groups excluding carboxylic acids is 1. The van der Waals surface area contributed by atoms with Gasteiger partial charge in [0.2, 0.25) is 15.9 Å². The fraction of sp³-hybridized carbons (Fsp3) is 0.250. The summed E-state index contributed by atoms with van der Waals surface area (Å²) in [6.07, 6.45) is 4.92. The van der Waals surface area contributed by atoms with Gasteiger partial charge in [0, 0.05) is 5.92 Å². The minimum Gasteiger partial charge on any atom is -0.325 e. The van der Waals surface area contributed by atoms with Crippen molar-refractivity contribution in [1.29, 1.82) is 0 Å². The molecule has 1 aromatic carbocycles. The van der Waals surface area contributed by atoms with Crippen LogP contribution in [0.1, 0.15) is 12.8 Å². The van der Waals surface area contributed by atoms with E-state index in [9.17, 15) is 17.6 Å². The maximum atomic E-state index is 13.2. The fourth-order valence-corrected chi connectivity index (χ4v) is 2.59. The minimum absolute atomic E-state index is 0.126. The first-order chi connectivity index (χ1) is 8.88. The van der Waals surface area contributed by atoms with Crippen molar-refractivity contribution in [3.8, 4) is 0 Å². The van der Waals surface area contributed by atoms with Gasteiger partial charge in [-0.2, -0.15) is 0 Å². The highest BCUT2D eigenvalue weighted by Crippen LogP contribution is 2.24. The Morgan fingerprint density at radius 1 is 1.32 bits per heavy atom. The number of nitrogens with one attached hydrogen (secondary N) is 1. The number of nitrogens with two attached hydrogens (primary N) is 1. The van der Waals surface area contributed by atoms with Gasteiger partial charge in [-0.05, 0) is 31.0 Å². The number of sulfonamides is 1. The predicted molar refractivity (Wildman–Crippen MR) is 68.3 cm³/mol. The summed E-state index contributed by atoms with van der Waals surface area (Å²) in [5, 5.41) is 7.44. The highest BCUT2D eigenvalue weighted by atomic mass is 32.2. The zero-order chi connectivity index (χ0) is 14.0. The number of anilines is 1. The van der Waals surface area contributed by atoms with E-state index in [1.807, 2.05) is 12.2 Å². The van der Waals surface area contributed by atoms with E-state index in [-0.39, 0.29) is 22.4 Å². The normalized spacial score (nSPS) is 15.7. The molecule has 0 spiro atoms. The first-order valence-corrected chi connectivity index (χ1v) is 7.21. The van der Waals surface area contributed by atoms with Gasteiger partial charge < -0.3 is 5.32 Å². The molecule has 0 saturated carbocycles. The van der Waals surface area contributed by atoms with Gasteiger partial charge in [0.1, 0.15) is 10.7 Å². The summed E-state index contributed by atoms with van der Waals surface area (Å²) in [6.45, 7) is 0. The summed E-state index contributed by atoms with van der Waals surface area (Å²) < 4.78 is 35.9. The molecule has 0 radical (unpaired) electrons. The number of halogens is 1. The predicted octanol–water partition coefficient (Wildman–Crippen LogP) is 1.38. The van der Waals surface area contributed by atoms with Crippen molar-refractivity contribution in [2.75, 3.05) is 5.32 Å². The summed E-state index contributed by atoms with van der Waals surface area (Å²) >= 11 is 0. The Hall–Kier alpha value is -1.73. The van der Waals surface area contributed by atoms with Crippen LogP contribution in [0, 0.1) is 11.7 Å². The van der Waals surface area contributed by atoms with E-state index in [1.165, 1.54) is 0 Å². The average molecular weight is 284 g/mol. The molecule has 0 bridgehead atoms. The molecule has 0 unspecified atom stereocenters. The van der Waals surface area contributed by atoms with Crippen molar-refractivity contribution in [3.63, 3.8) is 0 Å². The molecule has 7 heteroatoms. The second kappa shape index (κ2) is 5.10. The van der Waals surface area contributed by atoms with Crippen LogP contribution in [0.15, 0.2) is 35.2 Å². The zero-order valence-electron chi connectivity index (χ0n) is 9.97. The molecule has 3 N–H and O–H groups in total. The Bertz CT molecular complexity index is 632. The molecule has 102 valence electrons. The second-order valence-electron chi connectivity index (χ2n) is 4.31. The number of hydrogen-bond donors (Lipinski definition) is 2. The van der Waals surface area contributed by atoms with Crippen molar-refractivity contribution >= 4 is 21.6 Å². The van der Waals surface area contributed by atoms with Gasteiger partial charge in [0.15, 0.2) is 0 Å². The molecule has 1 aliphatic rings. The number of amides is 1. The Morgan fingerprint density at radius 3 is 2.53 bits per heavy atom. The second-order valence-corrected chi connectivity index (χ2v) is 5.84. The number of hydrogen-bond acceptors (Lipinski definition) is 3.